The highest BCUT2D eigenvalue weighted by molar-refractivity contribution is 5.78. The van der Waals surface area contributed by atoms with Crippen LogP contribution in [0.25, 0.3) is 0 Å². The van der Waals surface area contributed by atoms with Crippen LogP contribution in [-0.4, -0.2) is 27.2 Å². The van der Waals surface area contributed by atoms with Gasteiger partial charge in [-0.1, -0.05) is 18.2 Å². The molecule has 0 aliphatic carbocycles. The summed E-state index contributed by atoms with van der Waals surface area (Å²) in [7, 11) is 4.64. The van der Waals surface area contributed by atoms with E-state index in [4.69, 9.17) is 9.47 Å². The molecular weight excluding hydrogens is 194 g/mol. The maximum Gasteiger partial charge on any atom is 0.327 e. The Bertz CT molecular complexity index is 338. The number of methoxy groups -OCH3 is 2. The van der Waals surface area contributed by atoms with Crippen LogP contribution < -0.4 is 10.1 Å². The van der Waals surface area contributed by atoms with Gasteiger partial charge in [-0.25, -0.2) is 4.79 Å². The van der Waals surface area contributed by atoms with Crippen molar-refractivity contribution in [2.45, 2.75) is 6.04 Å². The molecule has 15 heavy (non-hydrogen) atoms. The predicted octanol–water partition coefficient (Wildman–Crippen LogP) is 1.13. The summed E-state index contributed by atoms with van der Waals surface area (Å²) in [6.07, 6.45) is 0. The maximum absolute atomic E-state index is 11.5. The van der Waals surface area contributed by atoms with Gasteiger partial charge < -0.3 is 14.8 Å². The van der Waals surface area contributed by atoms with Crippen molar-refractivity contribution < 1.29 is 14.3 Å². The molecule has 1 aromatic rings. The van der Waals surface area contributed by atoms with E-state index in [-0.39, 0.29) is 5.97 Å². The highest BCUT2D eigenvalue weighted by Crippen LogP contribution is 2.25. The molecule has 4 heteroatoms. The maximum atomic E-state index is 11.5. The molecule has 1 atom stereocenters. The van der Waals surface area contributed by atoms with Crippen LogP contribution >= 0.6 is 0 Å². The van der Waals surface area contributed by atoms with E-state index in [0.717, 1.165) is 5.56 Å². The highest BCUT2D eigenvalue weighted by Gasteiger charge is 2.22. The van der Waals surface area contributed by atoms with Crippen molar-refractivity contribution in [3.63, 3.8) is 0 Å². The highest BCUT2D eigenvalue weighted by atomic mass is 16.5. The van der Waals surface area contributed by atoms with Gasteiger partial charge in [-0.2, -0.15) is 0 Å². The molecule has 0 spiro atoms. The van der Waals surface area contributed by atoms with Gasteiger partial charge >= 0.3 is 5.97 Å². The zero-order chi connectivity index (χ0) is 11.3. The van der Waals surface area contributed by atoms with Crippen molar-refractivity contribution in [3.8, 4) is 5.75 Å². The van der Waals surface area contributed by atoms with Gasteiger partial charge in [0, 0.05) is 5.56 Å². The summed E-state index contributed by atoms with van der Waals surface area (Å²) in [6.45, 7) is 0. The van der Waals surface area contributed by atoms with Gasteiger partial charge in [0.25, 0.3) is 0 Å². The minimum absolute atomic E-state index is 0.331. The summed E-state index contributed by atoms with van der Waals surface area (Å²) in [5.41, 5.74) is 0.773. The van der Waals surface area contributed by atoms with E-state index in [0.29, 0.717) is 5.75 Å². The molecule has 0 saturated carbocycles. The van der Waals surface area contributed by atoms with Crippen molar-refractivity contribution in [1.29, 1.82) is 0 Å². The minimum Gasteiger partial charge on any atom is -0.496 e. The summed E-state index contributed by atoms with van der Waals surface area (Å²) in [4.78, 5) is 11.5. The fourth-order valence-electron chi connectivity index (χ4n) is 1.42. The summed E-state index contributed by atoms with van der Waals surface area (Å²) in [6, 6.07) is 6.85. The van der Waals surface area contributed by atoms with Crippen LogP contribution in [0.2, 0.25) is 0 Å². The number of hydrogen-bond donors (Lipinski definition) is 1. The first kappa shape index (κ1) is 11.5. The predicted molar refractivity (Wildman–Crippen MR) is 56.8 cm³/mol. The largest absolute Gasteiger partial charge is 0.496 e. The number of benzene rings is 1. The molecule has 0 radical (unpaired) electrons. The van der Waals surface area contributed by atoms with Crippen LogP contribution in [0.3, 0.4) is 0 Å². The zero-order valence-electron chi connectivity index (χ0n) is 9.11. The summed E-state index contributed by atoms with van der Waals surface area (Å²) < 4.78 is 9.88. The van der Waals surface area contributed by atoms with Gasteiger partial charge in [0.1, 0.15) is 11.8 Å². The molecule has 0 aliphatic heterocycles. The second-order valence-electron chi connectivity index (χ2n) is 2.99. The molecule has 0 fully saturated rings. The molecule has 1 unspecified atom stereocenters. The first-order chi connectivity index (χ1) is 7.24. The van der Waals surface area contributed by atoms with Crippen molar-refractivity contribution in [2.24, 2.45) is 0 Å². The zero-order valence-corrected chi connectivity index (χ0v) is 9.11. The van der Waals surface area contributed by atoms with Gasteiger partial charge in [-0.3, -0.25) is 0 Å². The number of ether oxygens (including phenoxy) is 2. The van der Waals surface area contributed by atoms with Crippen molar-refractivity contribution in [2.75, 3.05) is 21.3 Å². The van der Waals surface area contributed by atoms with Gasteiger partial charge in [0.2, 0.25) is 0 Å². The summed E-state index contributed by atoms with van der Waals surface area (Å²) in [5.74, 6) is 0.337. The number of carbonyl (C=O) groups is 1. The lowest BCUT2D eigenvalue weighted by Crippen LogP contribution is -2.26. The molecule has 1 rings (SSSR count). The van der Waals surface area contributed by atoms with Crippen LogP contribution in [0.1, 0.15) is 11.6 Å². The number of carbonyl (C=O) groups excluding carboxylic acids is 1. The fraction of sp³-hybridized carbons (Fsp3) is 0.364. The lowest BCUT2D eigenvalue weighted by Gasteiger charge is -2.16. The number of nitrogens with one attached hydrogen (secondary N) is 1. The molecule has 0 aliphatic rings. The first-order valence-electron chi connectivity index (χ1n) is 4.62. The Balaban J connectivity index is 3.05. The van der Waals surface area contributed by atoms with E-state index in [1.54, 1.807) is 14.2 Å². The Kier molecular flexibility index (Phi) is 4.12. The van der Waals surface area contributed by atoms with E-state index in [1.165, 1.54) is 7.11 Å². The second kappa shape index (κ2) is 5.36. The normalized spacial score (nSPS) is 11.9. The first-order valence-corrected chi connectivity index (χ1v) is 4.62. The van der Waals surface area contributed by atoms with Crippen LogP contribution in [0.5, 0.6) is 5.75 Å². The lowest BCUT2D eigenvalue weighted by molar-refractivity contribution is -0.143. The third-order valence-electron chi connectivity index (χ3n) is 2.18. The minimum atomic E-state index is -0.494. The Morgan fingerprint density at radius 2 is 2.00 bits per heavy atom. The average Bonchev–Trinajstić information content (AvgIpc) is 2.30. The van der Waals surface area contributed by atoms with E-state index in [9.17, 15) is 4.79 Å². The van der Waals surface area contributed by atoms with Crippen LogP contribution in [0, 0.1) is 0 Å². The Morgan fingerprint density at radius 3 is 2.53 bits per heavy atom. The van der Waals surface area contributed by atoms with Crippen LogP contribution in [0.4, 0.5) is 0 Å². The Morgan fingerprint density at radius 1 is 1.33 bits per heavy atom. The molecule has 0 amide bonds. The van der Waals surface area contributed by atoms with Crippen LogP contribution in [0.15, 0.2) is 24.3 Å². The van der Waals surface area contributed by atoms with Crippen molar-refractivity contribution >= 4 is 5.97 Å². The topological polar surface area (TPSA) is 47.6 Å². The number of rotatable bonds is 4. The Hall–Kier alpha value is -1.55. The Labute approximate surface area is 89.2 Å². The van der Waals surface area contributed by atoms with Gasteiger partial charge in [0.15, 0.2) is 0 Å². The van der Waals surface area contributed by atoms with Gasteiger partial charge in [-0.15, -0.1) is 0 Å². The molecular formula is C11H15NO3. The van der Waals surface area contributed by atoms with Gasteiger partial charge in [-0.05, 0) is 13.1 Å². The monoisotopic (exact) mass is 209 g/mol. The molecule has 0 heterocycles. The van der Waals surface area contributed by atoms with Gasteiger partial charge in [0.05, 0.1) is 14.2 Å². The third-order valence-corrected chi connectivity index (χ3v) is 2.18. The number of likely N-dealkylation sites (N-methyl/N-ethyl adjacent to an activating group) is 1. The molecule has 0 bridgehead atoms. The van der Waals surface area contributed by atoms with Crippen molar-refractivity contribution in [1.82, 2.24) is 5.32 Å². The summed E-state index contributed by atoms with van der Waals surface area (Å²) >= 11 is 0. The second-order valence-corrected chi connectivity index (χ2v) is 2.99. The fourth-order valence-corrected chi connectivity index (χ4v) is 1.42. The molecule has 1 N–H and O–H groups in total. The molecule has 4 nitrogen and oxygen atoms in total. The average molecular weight is 209 g/mol. The third kappa shape index (κ3) is 2.47. The van der Waals surface area contributed by atoms with E-state index in [2.05, 4.69) is 5.32 Å². The number of hydrogen-bond acceptors (Lipinski definition) is 4. The standard InChI is InChI=1S/C11H15NO3/c1-12-10(11(13)15-3)8-6-4-5-7-9(8)14-2/h4-7,10,12H,1-3H3. The summed E-state index contributed by atoms with van der Waals surface area (Å²) in [5, 5.41) is 2.89. The molecule has 0 aromatic heterocycles. The van der Waals surface area contributed by atoms with Crippen LogP contribution in [-0.2, 0) is 9.53 Å². The number of esters is 1. The van der Waals surface area contributed by atoms with E-state index in [1.807, 2.05) is 24.3 Å². The molecule has 0 saturated heterocycles. The smallest absolute Gasteiger partial charge is 0.327 e. The van der Waals surface area contributed by atoms with E-state index >= 15 is 0 Å². The van der Waals surface area contributed by atoms with Crippen molar-refractivity contribution in [3.05, 3.63) is 29.8 Å². The quantitative estimate of drug-likeness (QED) is 0.755. The SMILES string of the molecule is CNC(C(=O)OC)c1ccccc1OC. The lowest BCUT2D eigenvalue weighted by atomic mass is 10.1. The molecule has 1 aromatic carbocycles. The number of para-hydroxylation sites is 1. The van der Waals surface area contributed by atoms with E-state index < -0.39 is 6.04 Å². The molecule has 82 valence electrons.